The number of ether oxygens (including phenoxy) is 1. The minimum absolute atomic E-state index is 0.0454. The summed E-state index contributed by atoms with van der Waals surface area (Å²) in [5, 5.41) is 2.99. The summed E-state index contributed by atoms with van der Waals surface area (Å²) in [5.74, 6) is 0.783. The molecule has 1 aromatic heterocycles. The Kier molecular flexibility index (Phi) is 6.57. The molecule has 0 radical (unpaired) electrons. The molecule has 0 atom stereocenters. The molecule has 0 saturated carbocycles. The van der Waals surface area contributed by atoms with Gasteiger partial charge in [-0.05, 0) is 42.0 Å². The number of anilines is 1. The Hall–Kier alpha value is -3.38. The van der Waals surface area contributed by atoms with E-state index >= 15 is 0 Å². The first-order valence-electron chi connectivity index (χ1n) is 10.3. The van der Waals surface area contributed by atoms with Crippen molar-refractivity contribution in [1.82, 2.24) is 9.88 Å². The van der Waals surface area contributed by atoms with Crippen LogP contribution in [0.4, 0.5) is 10.5 Å². The number of pyridine rings is 1. The van der Waals surface area contributed by atoms with Gasteiger partial charge in [0.2, 0.25) is 0 Å². The van der Waals surface area contributed by atoms with Gasteiger partial charge in [-0.3, -0.25) is 4.98 Å². The Balaban J connectivity index is 1.22. The van der Waals surface area contributed by atoms with Gasteiger partial charge < -0.3 is 19.9 Å². The number of piperazine rings is 1. The predicted octanol–water partition coefficient (Wildman–Crippen LogP) is 2.59. The highest BCUT2D eigenvalue weighted by Gasteiger charge is 2.23. The van der Waals surface area contributed by atoms with E-state index in [0.29, 0.717) is 6.61 Å². The van der Waals surface area contributed by atoms with E-state index in [2.05, 4.69) is 22.4 Å². The van der Waals surface area contributed by atoms with Gasteiger partial charge in [0.05, 0.1) is 26.2 Å². The number of nitrogens with one attached hydrogen (secondary N) is 2. The normalized spacial score (nSPS) is 14.3. The highest BCUT2D eigenvalue weighted by atomic mass is 16.5. The molecule has 1 aliphatic heterocycles. The molecular weight excluding hydrogens is 376 g/mol. The third-order valence-electron chi connectivity index (χ3n) is 5.32. The Labute approximate surface area is 177 Å². The Morgan fingerprint density at radius 1 is 0.933 bits per heavy atom. The number of aromatic nitrogens is 1. The lowest BCUT2D eigenvalue weighted by molar-refractivity contribution is -0.917. The van der Waals surface area contributed by atoms with E-state index < -0.39 is 0 Å². The van der Waals surface area contributed by atoms with Crippen molar-refractivity contribution in [3.8, 4) is 5.75 Å². The Bertz CT molecular complexity index is 924. The van der Waals surface area contributed by atoms with Crippen molar-refractivity contribution >= 4 is 11.7 Å². The lowest BCUT2D eigenvalue weighted by atomic mass is 10.2. The average molecular weight is 404 g/mol. The predicted molar refractivity (Wildman–Crippen MR) is 116 cm³/mol. The van der Waals surface area contributed by atoms with E-state index in [1.54, 1.807) is 0 Å². The molecule has 2 N–H and O–H groups in total. The van der Waals surface area contributed by atoms with Crippen LogP contribution in [0.5, 0.6) is 5.75 Å². The van der Waals surface area contributed by atoms with E-state index in [0.717, 1.165) is 49.7 Å². The molecule has 6 heteroatoms. The standard InChI is InChI=1S/C24H26N4O2/c29-24(28-16-14-27(15-17-28)18-20-10-12-25-13-11-20)26-22-6-8-23(9-7-22)30-19-21-4-2-1-3-5-21/h1-13H,14-19H2,(H,26,29)/p+1. The van der Waals surface area contributed by atoms with E-state index in [-0.39, 0.29) is 6.03 Å². The number of amides is 2. The molecule has 2 heterocycles. The molecule has 0 spiro atoms. The highest BCUT2D eigenvalue weighted by Crippen LogP contribution is 2.17. The van der Waals surface area contributed by atoms with Crippen molar-refractivity contribution in [1.29, 1.82) is 0 Å². The number of urea groups is 1. The fourth-order valence-electron chi connectivity index (χ4n) is 3.57. The number of carbonyl (C=O) groups is 1. The minimum atomic E-state index is -0.0454. The fourth-order valence-corrected chi connectivity index (χ4v) is 3.57. The first kappa shape index (κ1) is 19.9. The van der Waals surface area contributed by atoms with Gasteiger partial charge in [-0.2, -0.15) is 0 Å². The second-order valence-electron chi connectivity index (χ2n) is 7.50. The number of hydrogen-bond donors (Lipinski definition) is 2. The summed E-state index contributed by atoms with van der Waals surface area (Å²) >= 11 is 0. The Morgan fingerprint density at radius 2 is 1.63 bits per heavy atom. The maximum absolute atomic E-state index is 12.6. The first-order valence-corrected chi connectivity index (χ1v) is 10.3. The van der Waals surface area contributed by atoms with E-state index in [1.807, 2.05) is 71.9 Å². The van der Waals surface area contributed by atoms with Crippen LogP contribution in [0.25, 0.3) is 0 Å². The van der Waals surface area contributed by atoms with Gasteiger partial charge in [0.15, 0.2) is 0 Å². The van der Waals surface area contributed by atoms with Gasteiger partial charge in [-0.15, -0.1) is 0 Å². The SMILES string of the molecule is O=C(Nc1ccc(OCc2ccccc2)cc1)N1CC[NH+](Cc2ccncc2)CC1. The summed E-state index contributed by atoms with van der Waals surface area (Å²) in [6.07, 6.45) is 3.66. The van der Waals surface area contributed by atoms with E-state index in [9.17, 15) is 4.79 Å². The van der Waals surface area contributed by atoms with Crippen LogP contribution >= 0.6 is 0 Å². The second-order valence-corrected chi connectivity index (χ2v) is 7.50. The van der Waals surface area contributed by atoms with E-state index in [1.165, 1.54) is 10.5 Å². The number of benzene rings is 2. The molecule has 154 valence electrons. The molecule has 2 amide bonds. The molecule has 6 nitrogen and oxygen atoms in total. The number of quaternary nitrogens is 1. The molecule has 1 aliphatic rings. The van der Waals surface area contributed by atoms with Gasteiger partial charge in [0.25, 0.3) is 0 Å². The van der Waals surface area contributed by atoms with Gasteiger partial charge >= 0.3 is 6.03 Å². The van der Waals surface area contributed by atoms with Crippen molar-refractivity contribution in [3.63, 3.8) is 0 Å². The third kappa shape index (κ3) is 5.58. The van der Waals surface area contributed by atoms with Crippen molar-refractivity contribution in [3.05, 3.63) is 90.3 Å². The quantitative estimate of drug-likeness (QED) is 0.665. The van der Waals surface area contributed by atoms with Crippen LogP contribution in [0.2, 0.25) is 0 Å². The van der Waals surface area contributed by atoms with Crippen LogP contribution in [-0.4, -0.2) is 42.1 Å². The van der Waals surface area contributed by atoms with Crippen molar-refractivity contribution in [2.75, 3.05) is 31.5 Å². The fraction of sp³-hybridized carbons (Fsp3) is 0.250. The van der Waals surface area contributed by atoms with Gasteiger partial charge in [0.1, 0.15) is 18.9 Å². The molecule has 2 aromatic carbocycles. The zero-order valence-electron chi connectivity index (χ0n) is 17.0. The summed E-state index contributed by atoms with van der Waals surface area (Å²) in [5.41, 5.74) is 3.19. The first-order chi connectivity index (χ1) is 14.8. The third-order valence-corrected chi connectivity index (χ3v) is 5.32. The lowest BCUT2D eigenvalue weighted by Gasteiger charge is -2.32. The summed E-state index contributed by atoms with van der Waals surface area (Å²) in [6.45, 7) is 4.90. The summed E-state index contributed by atoms with van der Waals surface area (Å²) in [6, 6.07) is 21.6. The van der Waals surface area contributed by atoms with Crippen molar-refractivity contribution in [2.24, 2.45) is 0 Å². The molecule has 30 heavy (non-hydrogen) atoms. The van der Waals surface area contributed by atoms with E-state index in [4.69, 9.17) is 4.74 Å². The van der Waals surface area contributed by atoms with Crippen LogP contribution in [0, 0.1) is 0 Å². The average Bonchev–Trinajstić information content (AvgIpc) is 2.80. The molecule has 0 unspecified atom stereocenters. The maximum atomic E-state index is 12.6. The zero-order chi connectivity index (χ0) is 20.6. The minimum Gasteiger partial charge on any atom is -0.489 e. The van der Waals surface area contributed by atoms with Crippen LogP contribution in [0.1, 0.15) is 11.1 Å². The largest absolute Gasteiger partial charge is 0.489 e. The highest BCUT2D eigenvalue weighted by molar-refractivity contribution is 5.89. The van der Waals surface area contributed by atoms with Crippen molar-refractivity contribution < 1.29 is 14.4 Å². The summed E-state index contributed by atoms with van der Waals surface area (Å²) in [4.78, 5) is 20.0. The van der Waals surface area contributed by atoms with Crippen LogP contribution in [0.3, 0.4) is 0 Å². The molecule has 3 aromatic rings. The number of rotatable bonds is 6. The molecule has 1 fully saturated rings. The summed E-state index contributed by atoms with van der Waals surface area (Å²) < 4.78 is 5.80. The number of nitrogens with zero attached hydrogens (tertiary/aromatic N) is 2. The second kappa shape index (κ2) is 9.89. The molecule has 1 saturated heterocycles. The van der Waals surface area contributed by atoms with Gasteiger partial charge in [-0.1, -0.05) is 30.3 Å². The lowest BCUT2D eigenvalue weighted by Crippen LogP contribution is -3.13. The number of hydrogen-bond acceptors (Lipinski definition) is 3. The summed E-state index contributed by atoms with van der Waals surface area (Å²) in [7, 11) is 0. The molecule has 0 aliphatic carbocycles. The molecule has 4 rings (SSSR count). The Morgan fingerprint density at radius 3 is 2.33 bits per heavy atom. The van der Waals surface area contributed by atoms with Crippen LogP contribution < -0.4 is 15.0 Å². The zero-order valence-corrected chi connectivity index (χ0v) is 17.0. The smallest absolute Gasteiger partial charge is 0.322 e. The molecule has 0 bridgehead atoms. The van der Waals surface area contributed by atoms with Crippen LogP contribution in [0.15, 0.2) is 79.1 Å². The van der Waals surface area contributed by atoms with Crippen LogP contribution in [-0.2, 0) is 13.2 Å². The van der Waals surface area contributed by atoms with Crippen molar-refractivity contribution in [2.45, 2.75) is 13.2 Å². The monoisotopic (exact) mass is 403 g/mol. The molecular formula is C24H27N4O2+. The number of carbonyl (C=O) groups excluding carboxylic acids is 1. The van der Waals surface area contributed by atoms with Gasteiger partial charge in [0, 0.05) is 23.6 Å². The topological polar surface area (TPSA) is 58.9 Å². The van der Waals surface area contributed by atoms with Gasteiger partial charge in [-0.25, -0.2) is 4.79 Å². The maximum Gasteiger partial charge on any atom is 0.322 e.